The molecule has 0 aliphatic carbocycles. The van der Waals surface area contributed by atoms with Crippen molar-refractivity contribution in [2.45, 2.75) is 53.0 Å². The van der Waals surface area contributed by atoms with Crippen LogP contribution in [-0.2, 0) is 4.79 Å². The summed E-state index contributed by atoms with van der Waals surface area (Å²) in [6, 6.07) is 0. The molecule has 0 bridgehead atoms. The van der Waals surface area contributed by atoms with Crippen LogP contribution in [0.5, 0.6) is 0 Å². The van der Waals surface area contributed by atoms with Crippen LogP contribution in [0.4, 0.5) is 0 Å². The number of carbonyl (C=O) groups is 1. The quantitative estimate of drug-likeness (QED) is 0.709. The molecule has 0 aliphatic rings. The van der Waals surface area contributed by atoms with E-state index in [4.69, 9.17) is 5.73 Å². The van der Waals surface area contributed by atoms with E-state index in [9.17, 15) is 4.79 Å². The number of carbonyl (C=O) groups excluding carboxylic acids is 1. The van der Waals surface area contributed by atoms with Gasteiger partial charge in [-0.3, -0.25) is 4.79 Å². The van der Waals surface area contributed by atoms with Crippen LogP contribution >= 0.6 is 0 Å². The summed E-state index contributed by atoms with van der Waals surface area (Å²) < 4.78 is 0. The van der Waals surface area contributed by atoms with Crippen LogP contribution in [-0.4, -0.2) is 18.0 Å². The molecule has 0 unspecified atom stereocenters. The predicted octanol–water partition coefficient (Wildman–Crippen LogP) is 1.67. The summed E-state index contributed by atoms with van der Waals surface area (Å²) in [5.41, 5.74) is 4.95. The molecule has 0 heterocycles. The number of amides is 1. The third kappa shape index (κ3) is 4.09. The van der Waals surface area contributed by atoms with Crippen molar-refractivity contribution in [3.05, 3.63) is 0 Å². The Morgan fingerprint density at radius 1 is 1.29 bits per heavy atom. The molecule has 1 amide bonds. The average molecular weight is 200 g/mol. The summed E-state index contributed by atoms with van der Waals surface area (Å²) in [6.07, 6.45) is 2.05. The van der Waals surface area contributed by atoms with Crippen LogP contribution < -0.4 is 11.1 Å². The van der Waals surface area contributed by atoms with E-state index in [1.165, 1.54) is 0 Å². The Labute approximate surface area is 87.4 Å². The lowest BCUT2D eigenvalue weighted by Gasteiger charge is -2.31. The molecule has 14 heavy (non-hydrogen) atoms. The van der Waals surface area contributed by atoms with E-state index in [0.717, 1.165) is 12.8 Å². The monoisotopic (exact) mass is 200 g/mol. The van der Waals surface area contributed by atoms with Gasteiger partial charge < -0.3 is 11.1 Å². The Bertz CT molecular complexity index is 197. The van der Waals surface area contributed by atoms with Crippen LogP contribution in [0.2, 0.25) is 0 Å². The van der Waals surface area contributed by atoms with E-state index < -0.39 is 5.41 Å². The fraction of sp³-hybridized carbons (Fsp3) is 0.909. The van der Waals surface area contributed by atoms with Crippen LogP contribution in [0.3, 0.4) is 0 Å². The molecule has 0 spiro atoms. The van der Waals surface area contributed by atoms with Crippen LogP contribution in [0.15, 0.2) is 0 Å². The van der Waals surface area contributed by atoms with Gasteiger partial charge in [-0.15, -0.1) is 0 Å². The zero-order valence-corrected chi connectivity index (χ0v) is 10.1. The minimum Gasteiger partial charge on any atom is -0.351 e. The average Bonchev–Trinajstić information content (AvgIpc) is 2.03. The van der Waals surface area contributed by atoms with Crippen molar-refractivity contribution in [1.29, 1.82) is 0 Å². The second-order valence-electron chi connectivity index (χ2n) is 5.18. The number of nitrogens with one attached hydrogen (secondary N) is 1. The van der Waals surface area contributed by atoms with Gasteiger partial charge in [-0.25, -0.2) is 0 Å². The highest BCUT2D eigenvalue weighted by molar-refractivity contribution is 5.82. The Kier molecular flexibility index (Phi) is 4.59. The van der Waals surface area contributed by atoms with Gasteiger partial charge >= 0.3 is 0 Å². The van der Waals surface area contributed by atoms with Gasteiger partial charge in [0.25, 0.3) is 0 Å². The van der Waals surface area contributed by atoms with Crippen LogP contribution in [0.1, 0.15) is 47.5 Å². The molecule has 0 aromatic heterocycles. The Hall–Kier alpha value is -0.570. The summed E-state index contributed by atoms with van der Waals surface area (Å²) in [4.78, 5) is 11.8. The number of rotatable bonds is 5. The minimum atomic E-state index is -0.467. The molecule has 0 radical (unpaired) electrons. The molecule has 0 saturated carbocycles. The van der Waals surface area contributed by atoms with Gasteiger partial charge in [-0.05, 0) is 34.1 Å². The largest absolute Gasteiger partial charge is 0.351 e. The van der Waals surface area contributed by atoms with Crippen molar-refractivity contribution in [2.24, 2.45) is 11.1 Å². The van der Waals surface area contributed by atoms with Gasteiger partial charge in [0.2, 0.25) is 5.91 Å². The second kappa shape index (κ2) is 4.78. The molecule has 0 rings (SSSR count). The number of nitrogens with two attached hydrogens (primary N) is 1. The molecule has 0 atom stereocenters. The summed E-state index contributed by atoms with van der Waals surface area (Å²) in [5.74, 6) is 0.0402. The van der Waals surface area contributed by atoms with Crippen molar-refractivity contribution in [2.75, 3.05) is 6.54 Å². The Morgan fingerprint density at radius 3 is 2.14 bits per heavy atom. The lowest BCUT2D eigenvalue weighted by atomic mass is 9.90. The maximum atomic E-state index is 11.8. The zero-order chi connectivity index (χ0) is 11.4. The fourth-order valence-corrected chi connectivity index (χ4v) is 1.26. The second-order valence-corrected chi connectivity index (χ2v) is 5.18. The highest BCUT2D eigenvalue weighted by atomic mass is 16.2. The van der Waals surface area contributed by atoms with E-state index >= 15 is 0 Å². The molecule has 3 N–H and O–H groups in total. The lowest BCUT2D eigenvalue weighted by molar-refractivity contribution is -0.130. The van der Waals surface area contributed by atoms with E-state index in [2.05, 4.69) is 12.2 Å². The Morgan fingerprint density at radius 2 is 1.79 bits per heavy atom. The van der Waals surface area contributed by atoms with Gasteiger partial charge in [-0.1, -0.05) is 13.3 Å². The smallest absolute Gasteiger partial charge is 0.227 e. The first-order valence-electron chi connectivity index (χ1n) is 5.28. The minimum absolute atomic E-state index is 0.0402. The van der Waals surface area contributed by atoms with Crippen molar-refractivity contribution in [3.63, 3.8) is 0 Å². The molecule has 3 heteroatoms. The summed E-state index contributed by atoms with van der Waals surface area (Å²) in [7, 11) is 0. The molecule has 0 saturated heterocycles. The van der Waals surface area contributed by atoms with E-state index in [0.29, 0.717) is 6.54 Å². The molecular weight excluding hydrogens is 176 g/mol. The van der Waals surface area contributed by atoms with Gasteiger partial charge in [0.15, 0.2) is 0 Å². The van der Waals surface area contributed by atoms with Crippen molar-refractivity contribution in [1.82, 2.24) is 5.32 Å². The summed E-state index contributed by atoms with van der Waals surface area (Å²) in [5, 5.41) is 3.03. The molecule has 0 aromatic carbocycles. The SMILES string of the molecule is CCCC(C)(C)NC(=O)C(C)(C)CN. The first-order valence-corrected chi connectivity index (χ1v) is 5.28. The number of hydrogen-bond donors (Lipinski definition) is 2. The van der Waals surface area contributed by atoms with E-state index in [-0.39, 0.29) is 11.4 Å². The summed E-state index contributed by atoms with van der Waals surface area (Å²) >= 11 is 0. The first-order chi connectivity index (χ1) is 6.25. The third-order valence-corrected chi connectivity index (χ3v) is 2.45. The number of hydrogen-bond acceptors (Lipinski definition) is 2. The fourth-order valence-electron chi connectivity index (χ4n) is 1.26. The van der Waals surface area contributed by atoms with Gasteiger partial charge in [0.05, 0.1) is 5.41 Å². The van der Waals surface area contributed by atoms with Crippen molar-refractivity contribution in [3.8, 4) is 0 Å². The van der Waals surface area contributed by atoms with E-state index in [1.54, 1.807) is 0 Å². The third-order valence-electron chi connectivity index (χ3n) is 2.45. The van der Waals surface area contributed by atoms with Crippen molar-refractivity contribution >= 4 is 5.91 Å². The van der Waals surface area contributed by atoms with Gasteiger partial charge in [-0.2, -0.15) is 0 Å². The topological polar surface area (TPSA) is 55.1 Å². The maximum Gasteiger partial charge on any atom is 0.227 e. The molecule has 0 fully saturated rings. The zero-order valence-electron chi connectivity index (χ0n) is 10.1. The standard InChI is InChI=1S/C11H24N2O/c1-6-7-11(4,5)13-9(14)10(2,3)8-12/h6-8,12H2,1-5H3,(H,13,14). The molecule has 84 valence electrons. The van der Waals surface area contributed by atoms with Gasteiger partial charge in [0, 0.05) is 12.1 Å². The van der Waals surface area contributed by atoms with Crippen LogP contribution in [0, 0.1) is 5.41 Å². The van der Waals surface area contributed by atoms with Gasteiger partial charge in [0.1, 0.15) is 0 Å². The normalized spacial score (nSPS) is 12.7. The predicted molar refractivity (Wildman–Crippen MR) is 60.0 cm³/mol. The van der Waals surface area contributed by atoms with Crippen molar-refractivity contribution < 1.29 is 4.79 Å². The summed E-state index contributed by atoms with van der Waals surface area (Å²) in [6.45, 7) is 10.3. The highest BCUT2D eigenvalue weighted by Crippen LogP contribution is 2.17. The van der Waals surface area contributed by atoms with E-state index in [1.807, 2.05) is 27.7 Å². The molecule has 0 aliphatic heterocycles. The van der Waals surface area contributed by atoms with Crippen LogP contribution in [0.25, 0.3) is 0 Å². The highest BCUT2D eigenvalue weighted by Gasteiger charge is 2.30. The molecule has 0 aromatic rings. The Balaban J connectivity index is 4.31. The molecular formula is C11H24N2O. The maximum absolute atomic E-state index is 11.8. The molecule has 3 nitrogen and oxygen atoms in total. The first kappa shape index (κ1) is 13.4. The lowest BCUT2D eigenvalue weighted by Crippen LogP contribution is -2.50.